The molecule has 0 bridgehead atoms. The summed E-state index contributed by atoms with van der Waals surface area (Å²) >= 11 is 1.44. The minimum atomic E-state index is -0.179. The zero-order valence-corrected chi connectivity index (χ0v) is 17.4. The third kappa shape index (κ3) is 5.08. The highest BCUT2D eigenvalue weighted by atomic mass is 32.2. The molecule has 5 nitrogen and oxygen atoms in total. The lowest BCUT2D eigenvalue weighted by atomic mass is 10.2. The monoisotopic (exact) mass is 408 g/mol. The van der Waals surface area contributed by atoms with E-state index < -0.39 is 0 Å². The van der Waals surface area contributed by atoms with Gasteiger partial charge < -0.3 is 14.4 Å². The summed E-state index contributed by atoms with van der Waals surface area (Å²) in [6.07, 6.45) is 2.15. The SMILES string of the molecule is C[C@@H]1CN(C2=NC(=O)/C(=C/c3ccc(OCc4ccccc4)cc3)S2)C[C@@H](C)O1. The van der Waals surface area contributed by atoms with Gasteiger partial charge in [0.1, 0.15) is 12.4 Å². The molecule has 1 saturated heterocycles. The molecule has 2 atom stereocenters. The summed E-state index contributed by atoms with van der Waals surface area (Å²) in [7, 11) is 0. The molecule has 0 N–H and O–H groups in total. The van der Waals surface area contributed by atoms with Crippen molar-refractivity contribution in [2.75, 3.05) is 13.1 Å². The lowest BCUT2D eigenvalue weighted by molar-refractivity contribution is -0.113. The molecule has 150 valence electrons. The Bertz CT molecular complexity index is 915. The van der Waals surface area contributed by atoms with Crippen LogP contribution in [0.5, 0.6) is 5.75 Å². The third-order valence-corrected chi connectivity index (χ3v) is 5.77. The molecular weight excluding hydrogens is 384 g/mol. The molecular formula is C23H24N2O3S. The van der Waals surface area contributed by atoms with Crippen LogP contribution in [0.15, 0.2) is 64.5 Å². The van der Waals surface area contributed by atoms with E-state index in [0.29, 0.717) is 11.5 Å². The van der Waals surface area contributed by atoms with E-state index in [-0.39, 0.29) is 18.1 Å². The van der Waals surface area contributed by atoms with Crippen molar-refractivity contribution < 1.29 is 14.3 Å². The van der Waals surface area contributed by atoms with E-state index in [1.165, 1.54) is 11.8 Å². The van der Waals surface area contributed by atoms with Crippen molar-refractivity contribution in [2.24, 2.45) is 4.99 Å². The number of ether oxygens (including phenoxy) is 2. The number of rotatable bonds is 4. The standard InChI is InChI=1S/C23H24N2O3S/c1-16-13-25(14-17(2)28-16)23-24-22(26)21(29-23)12-18-8-10-20(11-9-18)27-15-19-6-4-3-5-7-19/h3-12,16-17H,13-15H2,1-2H3/b21-12-/t16-,17-/m1/s1. The molecule has 0 radical (unpaired) electrons. The minimum absolute atomic E-state index is 0.133. The first kappa shape index (κ1) is 19.7. The fraction of sp³-hybridized carbons (Fsp3) is 0.304. The molecule has 2 aromatic carbocycles. The average molecular weight is 409 g/mol. The van der Waals surface area contributed by atoms with Gasteiger partial charge >= 0.3 is 0 Å². The van der Waals surface area contributed by atoms with Crippen molar-refractivity contribution in [1.29, 1.82) is 0 Å². The van der Waals surface area contributed by atoms with Gasteiger partial charge in [-0.3, -0.25) is 4.79 Å². The van der Waals surface area contributed by atoms with E-state index in [1.54, 1.807) is 0 Å². The van der Waals surface area contributed by atoms with Crippen LogP contribution in [0.2, 0.25) is 0 Å². The molecule has 0 saturated carbocycles. The molecule has 2 aromatic rings. The Morgan fingerprint density at radius 3 is 2.48 bits per heavy atom. The molecule has 29 heavy (non-hydrogen) atoms. The fourth-order valence-corrected chi connectivity index (χ4v) is 4.35. The van der Waals surface area contributed by atoms with Gasteiger partial charge in [-0.25, -0.2) is 0 Å². The van der Waals surface area contributed by atoms with Crippen LogP contribution in [0.25, 0.3) is 6.08 Å². The van der Waals surface area contributed by atoms with Crippen LogP contribution in [-0.4, -0.2) is 41.3 Å². The maximum absolute atomic E-state index is 12.4. The van der Waals surface area contributed by atoms with Crippen LogP contribution in [0.3, 0.4) is 0 Å². The van der Waals surface area contributed by atoms with E-state index in [2.05, 4.69) is 9.89 Å². The average Bonchev–Trinajstić information content (AvgIpc) is 3.08. The summed E-state index contributed by atoms with van der Waals surface area (Å²) in [5.74, 6) is 0.621. The molecule has 6 heteroatoms. The van der Waals surface area contributed by atoms with Gasteiger partial charge in [0, 0.05) is 13.1 Å². The lowest BCUT2D eigenvalue weighted by Crippen LogP contribution is -2.47. The van der Waals surface area contributed by atoms with E-state index in [1.807, 2.05) is 74.5 Å². The molecule has 0 aliphatic carbocycles. The van der Waals surface area contributed by atoms with Crippen LogP contribution in [0, 0.1) is 0 Å². The van der Waals surface area contributed by atoms with E-state index in [9.17, 15) is 4.79 Å². The predicted octanol–water partition coefficient (Wildman–Crippen LogP) is 4.35. The van der Waals surface area contributed by atoms with Crippen LogP contribution in [0.1, 0.15) is 25.0 Å². The molecule has 2 heterocycles. The number of carbonyl (C=O) groups excluding carboxylic acids is 1. The van der Waals surface area contributed by atoms with Gasteiger partial charge in [-0.05, 0) is 54.9 Å². The summed E-state index contributed by atoms with van der Waals surface area (Å²) < 4.78 is 11.6. The van der Waals surface area contributed by atoms with E-state index >= 15 is 0 Å². The van der Waals surface area contributed by atoms with Gasteiger partial charge in [0.2, 0.25) is 0 Å². The molecule has 2 aliphatic heterocycles. The van der Waals surface area contributed by atoms with Gasteiger partial charge in [0.15, 0.2) is 5.17 Å². The number of thioether (sulfide) groups is 1. The summed E-state index contributed by atoms with van der Waals surface area (Å²) in [6.45, 7) is 6.13. The molecule has 0 aromatic heterocycles. The number of amidine groups is 1. The first-order chi connectivity index (χ1) is 14.1. The van der Waals surface area contributed by atoms with Crippen molar-refractivity contribution >= 4 is 28.9 Å². The topological polar surface area (TPSA) is 51.1 Å². The number of hydrogen-bond donors (Lipinski definition) is 0. The quantitative estimate of drug-likeness (QED) is 0.704. The molecule has 1 amide bonds. The van der Waals surface area contributed by atoms with Crippen molar-refractivity contribution in [3.8, 4) is 5.75 Å². The summed E-state index contributed by atoms with van der Waals surface area (Å²) in [5, 5.41) is 0.770. The highest BCUT2D eigenvalue weighted by Gasteiger charge is 2.30. The largest absolute Gasteiger partial charge is 0.489 e. The van der Waals surface area contributed by atoms with Crippen LogP contribution >= 0.6 is 11.8 Å². The summed E-state index contributed by atoms with van der Waals surface area (Å²) in [4.78, 5) is 19.4. The van der Waals surface area contributed by atoms with Gasteiger partial charge in [-0.2, -0.15) is 4.99 Å². The number of nitrogens with zero attached hydrogens (tertiary/aromatic N) is 2. The van der Waals surface area contributed by atoms with E-state index in [0.717, 1.165) is 35.1 Å². The fourth-order valence-electron chi connectivity index (χ4n) is 3.42. The minimum Gasteiger partial charge on any atom is -0.489 e. The highest BCUT2D eigenvalue weighted by molar-refractivity contribution is 8.18. The Morgan fingerprint density at radius 2 is 1.79 bits per heavy atom. The Hall–Kier alpha value is -2.57. The number of benzene rings is 2. The Morgan fingerprint density at radius 1 is 1.10 bits per heavy atom. The van der Waals surface area contributed by atoms with Crippen molar-refractivity contribution in [3.63, 3.8) is 0 Å². The number of morpholine rings is 1. The normalized spacial score (nSPS) is 23.4. The summed E-state index contributed by atoms with van der Waals surface area (Å²) in [6, 6.07) is 17.8. The number of hydrogen-bond acceptors (Lipinski definition) is 5. The lowest BCUT2D eigenvalue weighted by Gasteiger charge is -2.35. The van der Waals surface area contributed by atoms with Gasteiger partial charge in [-0.15, -0.1) is 0 Å². The second kappa shape index (κ2) is 8.84. The van der Waals surface area contributed by atoms with Crippen LogP contribution in [0.4, 0.5) is 0 Å². The zero-order chi connectivity index (χ0) is 20.2. The van der Waals surface area contributed by atoms with Crippen LogP contribution in [-0.2, 0) is 16.1 Å². The third-order valence-electron chi connectivity index (χ3n) is 4.73. The molecule has 1 fully saturated rings. The molecule has 0 spiro atoms. The predicted molar refractivity (Wildman–Crippen MR) is 117 cm³/mol. The second-order valence-corrected chi connectivity index (χ2v) is 8.32. The zero-order valence-electron chi connectivity index (χ0n) is 16.6. The summed E-state index contributed by atoms with van der Waals surface area (Å²) in [5.41, 5.74) is 2.08. The Labute approximate surface area is 175 Å². The van der Waals surface area contributed by atoms with Crippen LogP contribution < -0.4 is 4.74 Å². The van der Waals surface area contributed by atoms with E-state index in [4.69, 9.17) is 9.47 Å². The molecule has 4 rings (SSSR count). The van der Waals surface area contributed by atoms with Gasteiger partial charge in [-0.1, -0.05) is 42.5 Å². The van der Waals surface area contributed by atoms with Gasteiger partial charge in [0.25, 0.3) is 5.91 Å². The smallest absolute Gasteiger partial charge is 0.286 e. The number of amides is 1. The Kier molecular flexibility index (Phi) is 6.02. The maximum atomic E-state index is 12.4. The van der Waals surface area contributed by atoms with Crippen molar-refractivity contribution in [1.82, 2.24) is 4.90 Å². The first-order valence-electron chi connectivity index (χ1n) is 9.76. The first-order valence-corrected chi connectivity index (χ1v) is 10.6. The van der Waals surface area contributed by atoms with Crippen molar-refractivity contribution in [3.05, 3.63) is 70.6 Å². The Balaban J connectivity index is 1.37. The maximum Gasteiger partial charge on any atom is 0.286 e. The van der Waals surface area contributed by atoms with Gasteiger partial charge in [0.05, 0.1) is 17.1 Å². The van der Waals surface area contributed by atoms with Crippen molar-refractivity contribution in [2.45, 2.75) is 32.7 Å². The molecule has 2 aliphatic rings. The number of aliphatic imine (C=N–C) groups is 1. The molecule has 0 unspecified atom stereocenters. The number of carbonyl (C=O) groups is 1. The highest BCUT2D eigenvalue weighted by Crippen LogP contribution is 2.31. The second-order valence-electron chi connectivity index (χ2n) is 7.32.